The zero-order valence-electron chi connectivity index (χ0n) is 17.8. The summed E-state index contributed by atoms with van der Waals surface area (Å²) in [4.78, 5) is 32.6. The first-order valence-corrected chi connectivity index (χ1v) is 11.0. The Morgan fingerprint density at radius 1 is 1.32 bits per heavy atom. The lowest BCUT2D eigenvalue weighted by Crippen LogP contribution is -2.34. The fourth-order valence-corrected chi connectivity index (χ4v) is 4.68. The molecule has 0 aliphatic carbocycles. The number of aromatic nitrogens is 3. The standard InChI is InChI=1S/C21H25N5O4S/c1-13-6-5-9-25(12-13)21-24-26-19(28)15(11-23-20(26)31-21)18(27)22-10-14-7-4-8-16(29-2)17(14)30-3/h4,7-8,11,13H,5-6,9-10,12H2,1-3H3,(H,22,27)/t13-/m0/s1. The zero-order valence-corrected chi connectivity index (χ0v) is 18.6. The van der Waals surface area contributed by atoms with Gasteiger partial charge in [-0.05, 0) is 24.8 Å². The molecule has 1 aromatic carbocycles. The summed E-state index contributed by atoms with van der Waals surface area (Å²) >= 11 is 1.36. The topological polar surface area (TPSA) is 98.1 Å². The fourth-order valence-electron chi connectivity index (χ4n) is 3.79. The molecule has 1 N–H and O–H groups in total. The van der Waals surface area contributed by atoms with E-state index in [4.69, 9.17) is 9.47 Å². The third-order valence-electron chi connectivity index (χ3n) is 5.37. The van der Waals surface area contributed by atoms with E-state index in [0.29, 0.717) is 22.4 Å². The van der Waals surface area contributed by atoms with Gasteiger partial charge in [-0.2, -0.15) is 4.52 Å². The van der Waals surface area contributed by atoms with Gasteiger partial charge in [-0.3, -0.25) is 9.59 Å². The summed E-state index contributed by atoms with van der Waals surface area (Å²) in [5, 5.41) is 7.97. The number of benzene rings is 1. The van der Waals surface area contributed by atoms with E-state index in [1.807, 2.05) is 12.1 Å². The van der Waals surface area contributed by atoms with E-state index in [2.05, 4.69) is 27.2 Å². The Balaban J connectivity index is 1.55. The largest absolute Gasteiger partial charge is 0.493 e. The third kappa shape index (κ3) is 4.20. The Labute approximate surface area is 183 Å². The van der Waals surface area contributed by atoms with Gasteiger partial charge in [-0.15, -0.1) is 5.10 Å². The van der Waals surface area contributed by atoms with E-state index in [1.165, 1.54) is 35.6 Å². The molecule has 0 bridgehead atoms. The van der Waals surface area contributed by atoms with E-state index in [9.17, 15) is 9.59 Å². The molecule has 10 heteroatoms. The number of anilines is 1. The number of amides is 1. The van der Waals surface area contributed by atoms with Crippen molar-refractivity contribution in [3.63, 3.8) is 0 Å². The van der Waals surface area contributed by atoms with Crippen LogP contribution in [-0.4, -0.2) is 47.8 Å². The lowest BCUT2D eigenvalue weighted by molar-refractivity contribution is 0.0948. The molecule has 31 heavy (non-hydrogen) atoms. The maximum Gasteiger partial charge on any atom is 0.288 e. The lowest BCUT2D eigenvalue weighted by atomic mass is 10.0. The molecule has 164 valence electrons. The highest BCUT2D eigenvalue weighted by Crippen LogP contribution is 2.30. The van der Waals surface area contributed by atoms with Crippen molar-refractivity contribution in [3.8, 4) is 11.5 Å². The van der Waals surface area contributed by atoms with Crippen LogP contribution < -0.4 is 25.2 Å². The first-order chi connectivity index (χ1) is 15.0. The molecule has 9 nitrogen and oxygen atoms in total. The van der Waals surface area contributed by atoms with E-state index in [0.717, 1.165) is 30.2 Å². The summed E-state index contributed by atoms with van der Waals surface area (Å²) in [5.41, 5.74) is 0.204. The van der Waals surface area contributed by atoms with Gasteiger partial charge in [0, 0.05) is 31.4 Å². The lowest BCUT2D eigenvalue weighted by Gasteiger charge is -2.30. The minimum atomic E-state index is -0.516. The Hall–Kier alpha value is -3.14. The Bertz CT molecular complexity index is 1160. The maximum absolute atomic E-state index is 12.9. The van der Waals surface area contributed by atoms with Crippen molar-refractivity contribution >= 4 is 27.3 Å². The second-order valence-corrected chi connectivity index (χ2v) is 8.52. The van der Waals surface area contributed by atoms with Gasteiger partial charge in [0.05, 0.1) is 14.2 Å². The molecule has 3 heterocycles. The number of para-hydroxylation sites is 1. The molecule has 0 spiro atoms. The summed E-state index contributed by atoms with van der Waals surface area (Å²) in [7, 11) is 3.09. The molecule has 1 atom stereocenters. The fraction of sp³-hybridized carbons (Fsp3) is 0.429. The van der Waals surface area contributed by atoms with Crippen molar-refractivity contribution in [3.05, 3.63) is 45.9 Å². The first-order valence-electron chi connectivity index (χ1n) is 10.1. The van der Waals surface area contributed by atoms with Crippen molar-refractivity contribution in [2.24, 2.45) is 5.92 Å². The molecule has 1 saturated heterocycles. The second-order valence-electron chi connectivity index (χ2n) is 7.58. The number of carbonyl (C=O) groups is 1. The van der Waals surface area contributed by atoms with Crippen molar-refractivity contribution in [2.75, 3.05) is 32.2 Å². The highest BCUT2D eigenvalue weighted by Gasteiger charge is 2.22. The average molecular weight is 444 g/mol. The van der Waals surface area contributed by atoms with E-state index >= 15 is 0 Å². The molecule has 0 radical (unpaired) electrons. The molecule has 2 aromatic heterocycles. The van der Waals surface area contributed by atoms with Crippen LogP contribution >= 0.6 is 11.3 Å². The molecular formula is C21H25N5O4S. The van der Waals surface area contributed by atoms with Crippen molar-refractivity contribution < 1.29 is 14.3 Å². The molecular weight excluding hydrogens is 418 g/mol. The second kappa shape index (κ2) is 8.93. The number of carbonyl (C=O) groups excluding carboxylic acids is 1. The monoisotopic (exact) mass is 443 g/mol. The number of rotatable bonds is 6. The van der Waals surface area contributed by atoms with Crippen LogP contribution in [0.5, 0.6) is 11.5 Å². The van der Waals surface area contributed by atoms with Crippen LogP contribution in [0.1, 0.15) is 35.7 Å². The van der Waals surface area contributed by atoms with Gasteiger partial charge in [0.1, 0.15) is 5.56 Å². The Morgan fingerprint density at radius 2 is 2.16 bits per heavy atom. The first kappa shape index (κ1) is 21.1. The molecule has 3 aromatic rings. The molecule has 0 unspecified atom stereocenters. The third-order valence-corrected chi connectivity index (χ3v) is 6.36. The van der Waals surface area contributed by atoms with Gasteiger partial charge < -0.3 is 19.7 Å². The van der Waals surface area contributed by atoms with Gasteiger partial charge in [-0.1, -0.05) is 30.4 Å². The number of methoxy groups -OCH3 is 2. The molecule has 1 aliphatic rings. The van der Waals surface area contributed by atoms with Crippen LogP contribution in [0, 0.1) is 5.92 Å². The van der Waals surface area contributed by atoms with Gasteiger partial charge in [0.25, 0.3) is 11.5 Å². The normalized spacial score (nSPS) is 16.4. The smallest absolute Gasteiger partial charge is 0.288 e. The average Bonchev–Trinajstić information content (AvgIpc) is 3.22. The Morgan fingerprint density at radius 3 is 2.90 bits per heavy atom. The number of hydrogen-bond donors (Lipinski definition) is 1. The van der Waals surface area contributed by atoms with Crippen LogP contribution in [0.2, 0.25) is 0 Å². The molecule has 0 saturated carbocycles. The van der Waals surface area contributed by atoms with Crippen molar-refractivity contribution in [2.45, 2.75) is 26.3 Å². The number of ether oxygens (including phenoxy) is 2. The summed E-state index contributed by atoms with van der Waals surface area (Å²) in [6, 6.07) is 5.41. The van der Waals surface area contributed by atoms with Gasteiger partial charge in [0.2, 0.25) is 10.1 Å². The van der Waals surface area contributed by atoms with Crippen LogP contribution in [0.3, 0.4) is 0 Å². The summed E-state index contributed by atoms with van der Waals surface area (Å²) in [6.07, 6.45) is 3.61. The maximum atomic E-state index is 12.9. The molecule has 1 amide bonds. The number of hydrogen-bond acceptors (Lipinski definition) is 8. The summed E-state index contributed by atoms with van der Waals surface area (Å²) in [5.74, 6) is 1.17. The number of nitrogens with zero attached hydrogens (tertiary/aromatic N) is 4. The van der Waals surface area contributed by atoms with Gasteiger partial charge >= 0.3 is 0 Å². The quantitative estimate of drug-likeness (QED) is 0.624. The summed E-state index contributed by atoms with van der Waals surface area (Å²) < 4.78 is 11.9. The number of fused-ring (bicyclic) bond motifs is 1. The van der Waals surface area contributed by atoms with Crippen LogP contribution in [0.25, 0.3) is 4.96 Å². The van der Waals surface area contributed by atoms with Crippen molar-refractivity contribution in [1.82, 2.24) is 19.9 Å². The van der Waals surface area contributed by atoms with E-state index in [1.54, 1.807) is 13.2 Å². The van der Waals surface area contributed by atoms with E-state index < -0.39 is 11.5 Å². The SMILES string of the molecule is COc1cccc(CNC(=O)c2cnc3sc(N4CCC[C@H](C)C4)nn3c2=O)c1OC. The number of piperidine rings is 1. The highest BCUT2D eigenvalue weighted by molar-refractivity contribution is 7.20. The predicted molar refractivity (Wildman–Crippen MR) is 118 cm³/mol. The predicted octanol–water partition coefficient (Wildman–Crippen LogP) is 2.33. The van der Waals surface area contributed by atoms with Crippen LogP contribution in [-0.2, 0) is 6.54 Å². The van der Waals surface area contributed by atoms with Crippen molar-refractivity contribution in [1.29, 1.82) is 0 Å². The molecule has 1 aliphatic heterocycles. The van der Waals surface area contributed by atoms with E-state index in [-0.39, 0.29) is 12.1 Å². The minimum Gasteiger partial charge on any atom is -0.493 e. The molecule has 4 rings (SSSR count). The van der Waals surface area contributed by atoms with Crippen LogP contribution in [0.4, 0.5) is 5.13 Å². The van der Waals surface area contributed by atoms with Gasteiger partial charge in [0.15, 0.2) is 11.5 Å². The summed E-state index contributed by atoms with van der Waals surface area (Å²) in [6.45, 7) is 4.21. The molecule has 1 fully saturated rings. The van der Waals surface area contributed by atoms with Gasteiger partial charge in [-0.25, -0.2) is 4.98 Å². The number of nitrogens with one attached hydrogen (secondary N) is 1. The Kier molecular flexibility index (Phi) is 6.08. The van der Waals surface area contributed by atoms with Crippen LogP contribution in [0.15, 0.2) is 29.2 Å². The highest BCUT2D eigenvalue weighted by atomic mass is 32.1. The minimum absolute atomic E-state index is 0.0526. The zero-order chi connectivity index (χ0) is 22.0.